The molecule has 4 rings (SSSR count). The molecule has 2 aromatic carbocycles. The van der Waals surface area contributed by atoms with E-state index in [0.717, 1.165) is 17.5 Å². The monoisotopic (exact) mass is 440 g/mol. The summed E-state index contributed by atoms with van der Waals surface area (Å²) in [5, 5.41) is 23.3. The summed E-state index contributed by atoms with van der Waals surface area (Å²) >= 11 is 0. The van der Waals surface area contributed by atoms with Crippen molar-refractivity contribution in [2.45, 2.75) is 12.8 Å². The first kappa shape index (κ1) is 20.8. The topological polar surface area (TPSA) is 148 Å². The average Bonchev–Trinajstić information content (AvgIpc) is 3.23. The Morgan fingerprint density at radius 1 is 0.844 bits per heavy atom. The molecule has 4 aromatic rings. The summed E-state index contributed by atoms with van der Waals surface area (Å²) in [6.45, 7) is 0.470. The van der Waals surface area contributed by atoms with Gasteiger partial charge in [0.1, 0.15) is 16.9 Å². The molecule has 2 aromatic heterocycles. The zero-order valence-corrected chi connectivity index (χ0v) is 16.5. The number of nitro benzene ring substituents is 2. The van der Waals surface area contributed by atoms with Crippen molar-refractivity contribution < 1.29 is 28.2 Å². The maximum Gasteiger partial charge on any atom is 0.336 e. The van der Waals surface area contributed by atoms with Crippen LogP contribution in [0.5, 0.6) is 11.5 Å². The fraction of sp³-hybridized carbons (Fsp3) is 0.190. The van der Waals surface area contributed by atoms with Gasteiger partial charge in [-0.3, -0.25) is 20.2 Å². The van der Waals surface area contributed by atoms with E-state index in [-0.39, 0.29) is 18.0 Å². The summed E-state index contributed by atoms with van der Waals surface area (Å²) in [6.07, 6.45) is 2.59. The third-order valence-corrected chi connectivity index (χ3v) is 4.70. The molecule has 0 radical (unpaired) electrons. The Morgan fingerprint density at radius 3 is 2.34 bits per heavy atom. The maximum absolute atomic E-state index is 11.5. The first-order valence-corrected chi connectivity index (χ1v) is 9.56. The minimum absolute atomic E-state index is 0.0364. The standard InChI is InChI=1S/C21H16N2O9/c24-20-6-4-14-19(32-20)12-18-15(7-10-30-18)21(14)31-9-2-1-8-29-17-5-3-13(22(25)26)11-16(17)23(27)28/h3-7,10-12H,1-2,8-9H2. The Hall–Kier alpha value is -4.41. The Morgan fingerprint density at radius 2 is 1.59 bits per heavy atom. The second-order valence-corrected chi connectivity index (χ2v) is 6.77. The Balaban J connectivity index is 1.38. The summed E-state index contributed by atoms with van der Waals surface area (Å²) in [6, 6.07) is 9.56. The number of ether oxygens (including phenoxy) is 2. The number of furan rings is 1. The van der Waals surface area contributed by atoms with Crippen LogP contribution in [0.1, 0.15) is 12.8 Å². The van der Waals surface area contributed by atoms with Gasteiger partial charge in [0.2, 0.25) is 0 Å². The van der Waals surface area contributed by atoms with E-state index in [1.54, 1.807) is 18.2 Å². The fourth-order valence-corrected chi connectivity index (χ4v) is 3.21. The van der Waals surface area contributed by atoms with Crippen molar-refractivity contribution >= 4 is 33.3 Å². The minimum atomic E-state index is -0.722. The maximum atomic E-state index is 11.5. The summed E-state index contributed by atoms with van der Waals surface area (Å²) in [7, 11) is 0. The summed E-state index contributed by atoms with van der Waals surface area (Å²) < 4.78 is 22.0. The molecular weight excluding hydrogens is 424 g/mol. The number of rotatable bonds is 9. The van der Waals surface area contributed by atoms with E-state index in [1.165, 1.54) is 18.4 Å². The van der Waals surface area contributed by atoms with Gasteiger partial charge in [-0.1, -0.05) is 0 Å². The van der Waals surface area contributed by atoms with Crippen LogP contribution in [0.25, 0.3) is 21.9 Å². The largest absolute Gasteiger partial charge is 0.492 e. The predicted octanol–water partition coefficient (Wildman–Crippen LogP) is 4.59. The zero-order chi connectivity index (χ0) is 22.7. The minimum Gasteiger partial charge on any atom is -0.492 e. The van der Waals surface area contributed by atoms with Crippen molar-refractivity contribution in [2.24, 2.45) is 0 Å². The van der Waals surface area contributed by atoms with Crippen LogP contribution in [0.4, 0.5) is 11.4 Å². The summed E-state index contributed by atoms with van der Waals surface area (Å²) in [4.78, 5) is 32.0. The van der Waals surface area contributed by atoms with Crippen LogP contribution in [-0.2, 0) is 0 Å². The molecule has 0 aliphatic heterocycles. The molecule has 0 bridgehead atoms. The van der Waals surface area contributed by atoms with Crippen LogP contribution in [0.15, 0.2) is 62.4 Å². The van der Waals surface area contributed by atoms with Crippen molar-refractivity contribution in [3.8, 4) is 11.5 Å². The Labute approximate surface area is 179 Å². The van der Waals surface area contributed by atoms with Gasteiger partial charge in [-0.15, -0.1) is 0 Å². The van der Waals surface area contributed by atoms with Crippen LogP contribution < -0.4 is 15.1 Å². The molecule has 0 atom stereocenters. The van der Waals surface area contributed by atoms with Crippen molar-refractivity contribution in [3.05, 3.63) is 79.4 Å². The normalized spacial score (nSPS) is 11.0. The predicted molar refractivity (Wildman–Crippen MR) is 112 cm³/mol. The van der Waals surface area contributed by atoms with E-state index in [2.05, 4.69) is 0 Å². The van der Waals surface area contributed by atoms with E-state index in [9.17, 15) is 25.0 Å². The van der Waals surface area contributed by atoms with Gasteiger partial charge < -0.3 is 18.3 Å². The Kier molecular flexibility index (Phi) is 5.71. The number of nitro groups is 2. The highest BCUT2D eigenvalue weighted by molar-refractivity contribution is 6.01. The van der Waals surface area contributed by atoms with Gasteiger partial charge in [-0.25, -0.2) is 4.79 Å². The molecule has 0 saturated carbocycles. The molecule has 0 amide bonds. The molecule has 11 heteroatoms. The fourth-order valence-electron chi connectivity index (χ4n) is 3.21. The van der Waals surface area contributed by atoms with E-state index in [1.807, 2.05) is 0 Å². The van der Waals surface area contributed by atoms with E-state index < -0.39 is 21.2 Å². The molecule has 0 aliphatic rings. The first-order chi connectivity index (χ1) is 15.4. The molecule has 2 heterocycles. The lowest BCUT2D eigenvalue weighted by Gasteiger charge is -2.10. The number of hydrogen-bond acceptors (Lipinski definition) is 9. The molecule has 0 fully saturated rings. The molecule has 0 aliphatic carbocycles. The van der Waals surface area contributed by atoms with Gasteiger partial charge >= 0.3 is 11.3 Å². The lowest BCUT2D eigenvalue weighted by atomic mass is 10.1. The van der Waals surface area contributed by atoms with Gasteiger partial charge in [0.25, 0.3) is 5.69 Å². The molecule has 0 N–H and O–H groups in total. The van der Waals surface area contributed by atoms with Gasteiger partial charge in [0.05, 0.1) is 46.2 Å². The van der Waals surface area contributed by atoms with Gasteiger partial charge in [-0.05, 0) is 31.0 Å². The van der Waals surface area contributed by atoms with Crippen molar-refractivity contribution in [2.75, 3.05) is 13.2 Å². The highest BCUT2D eigenvalue weighted by atomic mass is 16.6. The summed E-state index contributed by atoms with van der Waals surface area (Å²) in [5.41, 5.74) is -0.449. The van der Waals surface area contributed by atoms with Crippen LogP contribution in [0.3, 0.4) is 0 Å². The van der Waals surface area contributed by atoms with E-state index >= 15 is 0 Å². The van der Waals surface area contributed by atoms with Crippen LogP contribution in [-0.4, -0.2) is 23.1 Å². The smallest absolute Gasteiger partial charge is 0.336 e. The van der Waals surface area contributed by atoms with Gasteiger partial charge in [0.15, 0.2) is 5.75 Å². The first-order valence-electron chi connectivity index (χ1n) is 9.56. The second-order valence-electron chi connectivity index (χ2n) is 6.77. The molecule has 11 nitrogen and oxygen atoms in total. The number of hydrogen-bond donors (Lipinski definition) is 0. The summed E-state index contributed by atoms with van der Waals surface area (Å²) in [5.74, 6) is 0.493. The SMILES string of the molecule is O=c1ccc2c(OCCCCOc3ccc([N+](=O)[O-])cc3[N+](=O)[O-])c3ccoc3cc2o1. The number of unbranched alkanes of at least 4 members (excludes halogenated alkanes) is 1. The van der Waals surface area contributed by atoms with Crippen LogP contribution in [0, 0.1) is 20.2 Å². The highest BCUT2D eigenvalue weighted by Crippen LogP contribution is 2.35. The quantitative estimate of drug-likeness (QED) is 0.158. The Bertz CT molecular complexity index is 1370. The van der Waals surface area contributed by atoms with Crippen LogP contribution in [0.2, 0.25) is 0 Å². The molecule has 32 heavy (non-hydrogen) atoms. The highest BCUT2D eigenvalue weighted by Gasteiger charge is 2.20. The number of nitrogens with zero attached hydrogens (tertiary/aromatic N) is 2. The number of fused-ring (bicyclic) bond motifs is 2. The van der Waals surface area contributed by atoms with Gasteiger partial charge in [-0.2, -0.15) is 0 Å². The average molecular weight is 440 g/mol. The third-order valence-electron chi connectivity index (χ3n) is 4.70. The van der Waals surface area contributed by atoms with Crippen molar-refractivity contribution in [3.63, 3.8) is 0 Å². The molecule has 0 unspecified atom stereocenters. The van der Waals surface area contributed by atoms with Crippen molar-refractivity contribution in [1.82, 2.24) is 0 Å². The molecular formula is C21H16N2O9. The second kappa shape index (κ2) is 8.76. The van der Waals surface area contributed by atoms with Crippen molar-refractivity contribution in [1.29, 1.82) is 0 Å². The lowest BCUT2D eigenvalue weighted by molar-refractivity contribution is -0.394. The van der Waals surface area contributed by atoms with Crippen LogP contribution >= 0.6 is 0 Å². The number of non-ortho nitro benzene ring substituents is 1. The van der Waals surface area contributed by atoms with E-state index in [0.29, 0.717) is 41.8 Å². The zero-order valence-electron chi connectivity index (χ0n) is 16.5. The lowest BCUT2D eigenvalue weighted by Crippen LogP contribution is -2.05. The molecule has 0 saturated heterocycles. The van der Waals surface area contributed by atoms with E-state index in [4.69, 9.17) is 18.3 Å². The molecule has 164 valence electrons. The molecule has 0 spiro atoms. The van der Waals surface area contributed by atoms with Gasteiger partial charge in [0, 0.05) is 18.2 Å². The third kappa shape index (κ3) is 4.21. The number of benzene rings is 2.